The molecule has 0 aliphatic heterocycles. The van der Waals surface area contributed by atoms with Crippen LogP contribution >= 0.6 is 0 Å². The third-order valence-corrected chi connectivity index (χ3v) is 2.65. The highest BCUT2D eigenvalue weighted by Crippen LogP contribution is 2.21. The number of phenolic OH excluding ortho intramolecular Hbond substituents is 1. The van der Waals surface area contributed by atoms with Crippen LogP contribution in [0.25, 0.3) is 0 Å². The molecule has 1 rings (SSSR count). The highest BCUT2D eigenvalue weighted by Gasteiger charge is 2.19. The normalized spacial score (nSPS) is 10.7. The van der Waals surface area contributed by atoms with E-state index in [-0.39, 0.29) is 11.3 Å². The number of benzene rings is 1. The summed E-state index contributed by atoms with van der Waals surface area (Å²) in [7, 11) is 5.50. The van der Waals surface area contributed by atoms with Crippen molar-refractivity contribution in [2.24, 2.45) is 0 Å². The van der Waals surface area contributed by atoms with Crippen LogP contribution in [0, 0.1) is 5.82 Å². The summed E-state index contributed by atoms with van der Waals surface area (Å²) in [5, 5.41) is 9.53. The molecule has 18 heavy (non-hydrogen) atoms. The number of nitrogens with zero attached hydrogens (tertiary/aromatic N) is 2. The van der Waals surface area contributed by atoms with Crippen LogP contribution in [0.3, 0.4) is 0 Å². The van der Waals surface area contributed by atoms with Crippen molar-refractivity contribution in [3.63, 3.8) is 0 Å². The van der Waals surface area contributed by atoms with Gasteiger partial charge in [-0.25, -0.2) is 4.39 Å². The molecule has 0 bridgehead atoms. The third-order valence-electron chi connectivity index (χ3n) is 2.65. The molecular weight excluding hydrogens is 235 g/mol. The quantitative estimate of drug-likeness (QED) is 0.867. The van der Waals surface area contributed by atoms with Crippen molar-refractivity contribution < 1.29 is 14.3 Å². The number of hydrogen-bond donors (Lipinski definition) is 1. The van der Waals surface area contributed by atoms with Gasteiger partial charge in [0.15, 0.2) is 0 Å². The zero-order valence-electron chi connectivity index (χ0n) is 11.0. The van der Waals surface area contributed by atoms with Gasteiger partial charge in [0.1, 0.15) is 17.1 Å². The lowest BCUT2D eigenvalue weighted by molar-refractivity contribution is 0.0783. The maximum Gasteiger partial charge on any atom is 0.260 e. The van der Waals surface area contributed by atoms with Gasteiger partial charge in [-0.3, -0.25) is 4.79 Å². The molecule has 0 heterocycles. The number of aromatic hydroxyl groups is 1. The number of phenols is 1. The number of hydrogen-bond acceptors (Lipinski definition) is 3. The van der Waals surface area contributed by atoms with E-state index in [1.807, 2.05) is 19.0 Å². The van der Waals surface area contributed by atoms with Crippen molar-refractivity contribution in [3.05, 3.63) is 29.6 Å². The molecule has 0 unspecified atom stereocenters. The first-order valence-corrected chi connectivity index (χ1v) is 5.81. The second-order valence-corrected chi connectivity index (χ2v) is 4.52. The fraction of sp³-hybridized carbons (Fsp3) is 0.462. The van der Waals surface area contributed by atoms with Gasteiger partial charge in [-0.05, 0) is 39.2 Å². The predicted molar refractivity (Wildman–Crippen MR) is 68.2 cm³/mol. The number of halogens is 1. The van der Waals surface area contributed by atoms with Crippen molar-refractivity contribution in [1.29, 1.82) is 0 Å². The Labute approximate surface area is 107 Å². The zero-order valence-corrected chi connectivity index (χ0v) is 11.0. The Kier molecular flexibility index (Phi) is 5.09. The van der Waals surface area contributed by atoms with Gasteiger partial charge in [0.25, 0.3) is 5.91 Å². The number of rotatable bonds is 5. The third kappa shape index (κ3) is 3.70. The largest absolute Gasteiger partial charge is 0.507 e. The Balaban J connectivity index is 2.69. The molecule has 0 spiro atoms. The fourth-order valence-corrected chi connectivity index (χ4v) is 1.64. The van der Waals surface area contributed by atoms with Crippen molar-refractivity contribution in [3.8, 4) is 5.75 Å². The fourth-order valence-electron chi connectivity index (χ4n) is 1.64. The van der Waals surface area contributed by atoms with E-state index in [1.54, 1.807) is 7.05 Å². The zero-order chi connectivity index (χ0) is 13.7. The summed E-state index contributed by atoms with van der Waals surface area (Å²) >= 11 is 0. The molecule has 0 aliphatic carbocycles. The summed E-state index contributed by atoms with van der Waals surface area (Å²) < 4.78 is 13.5. The van der Waals surface area contributed by atoms with Crippen molar-refractivity contribution in [2.45, 2.75) is 6.42 Å². The van der Waals surface area contributed by atoms with E-state index in [2.05, 4.69) is 0 Å². The van der Waals surface area contributed by atoms with Crippen LogP contribution < -0.4 is 0 Å². The number of amides is 1. The number of carbonyl (C=O) groups is 1. The average Bonchev–Trinajstić information content (AvgIpc) is 2.27. The van der Waals surface area contributed by atoms with E-state index in [4.69, 9.17) is 0 Å². The summed E-state index contributed by atoms with van der Waals surface area (Å²) in [5.41, 5.74) is -0.259. The minimum Gasteiger partial charge on any atom is -0.507 e. The molecule has 0 radical (unpaired) electrons. The second kappa shape index (κ2) is 6.35. The summed E-state index contributed by atoms with van der Waals surface area (Å²) in [6, 6.07) is 3.85. The van der Waals surface area contributed by atoms with Gasteiger partial charge in [0.05, 0.1) is 0 Å². The minimum absolute atomic E-state index is 0.259. The SMILES string of the molecule is CN(C)CCCN(C)C(=O)c1c(O)cccc1F. The van der Waals surface area contributed by atoms with Crippen LogP contribution in [0.1, 0.15) is 16.8 Å². The molecular formula is C13H19FN2O2. The van der Waals surface area contributed by atoms with Crippen molar-refractivity contribution in [2.75, 3.05) is 34.2 Å². The van der Waals surface area contributed by atoms with Crippen LogP contribution in [-0.4, -0.2) is 55.0 Å². The lowest BCUT2D eigenvalue weighted by atomic mass is 10.1. The molecule has 0 fully saturated rings. The van der Waals surface area contributed by atoms with E-state index in [1.165, 1.54) is 23.1 Å². The molecule has 100 valence electrons. The molecule has 1 N–H and O–H groups in total. The van der Waals surface area contributed by atoms with Gasteiger partial charge >= 0.3 is 0 Å². The van der Waals surface area contributed by atoms with Gasteiger partial charge in [0, 0.05) is 13.6 Å². The Morgan fingerprint density at radius 1 is 1.28 bits per heavy atom. The number of carbonyl (C=O) groups excluding carboxylic acids is 1. The molecule has 0 saturated heterocycles. The maximum atomic E-state index is 13.5. The minimum atomic E-state index is -0.695. The van der Waals surface area contributed by atoms with E-state index >= 15 is 0 Å². The smallest absolute Gasteiger partial charge is 0.260 e. The Morgan fingerprint density at radius 2 is 1.94 bits per heavy atom. The average molecular weight is 254 g/mol. The lowest BCUT2D eigenvalue weighted by Gasteiger charge is -2.19. The van der Waals surface area contributed by atoms with Crippen molar-refractivity contribution in [1.82, 2.24) is 9.80 Å². The summed E-state index contributed by atoms with van der Waals surface area (Å²) in [4.78, 5) is 15.4. The molecule has 1 amide bonds. The van der Waals surface area contributed by atoms with Crippen LogP contribution in [0.15, 0.2) is 18.2 Å². The molecule has 0 saturated carbocycles. The highest BCUT2D eigenvalue weighted by molar-refractivity contribution is 5.96. The van der Waals surface area contributed by atoms with E-state index in [0.717, 1.165) is 13.0 Å². The van der Waals surface area contributed by atoms with Crippen LogP contribution in [-0.2, 0) is 0 Å². The molecule has 0 atom stereocenters. The molecule has 1 aromatic carbocycles. The van der Waals surface area contributed by atoms with Gasteiger partial charge in [-0.1, -0.05) is 6.07 Å². The summed E-state index contributed by atoms with van der Waals surface area (Å²) in [6.07, 6.45) is 0.796. The lowest BCUT2D eigenvalue weighted by Crippen LogP contribution is -2.30. The predicted octanol–water partition coefficient (Wildman–Crippen LogP) is 1.55. The van der Waals surface area contributed by atoms with Gasteiger partial charge in [-0.2, -0.15) is 0 Å². The molecule has 4 nitrogen and oxygen atoms in total. The topological polar surface area (TPSA) is 43.8 Å². The molecule has 0 aliphatic rings. The van der Waals surface area contributed by atoms with E-state index in [9.17, 15) is 14.3 Å². The first kappa shape index (κ1) is 14.4. The molecule has 5 heteroatoms. The van der Waals surface area contributed by atoms with E-state index < -0.39 is 11.7 Å². The molecule has 1 aromatic rings. The Hall–Kier alpha value is -1.62. The first-order valence-electron chi connectivity index (χ1n) is 5.81. The highest BCUT2D eigenvalue weighted by atomic mass is 19.1. The summed E-state index contributed by atoms with van der Waals surface area (Å²) in [5.74, 6) is -1.51. The van der Waals surface area contributed by atoms with Gasteiger partial charge in [-0.15, -0.1) is 0 Å². The standard InChI is InChI=1S/C13H19FN2O2/c1-15(2)8-5-9-16(3)13(18)12-10(14)6-4-7-11(12)17/h4,6-7,17H,5,8-9H2,1-3H3. The van der Waals surface area contributed by atoms with Crippen LogP contribution in [0.4, 0.5) is 4.39 Å². The Bertz CT molecular complexity index is 401. The van der Waals surface area contributed by atoms with Crippen LogP contribution in [0.2, 0.25) is 0 Å². The second-order valence-electron chi connectivity index (χ2n) is 4.52. The molecule has 0 aromatic heterocycles. The maximum absolute atomic E-state index is 13.5. The van der Waals surface area contributed by atoms with Crippen LogP contribution in [0.5, 0.6) is 5.75 Å². The van der Waals surface area contributed by atoms with Crippen molar-refractivity contribution >= 4 is 5.91 Å². The van der Waals surface area contributed by atoms with Gasteiger partial charge in [0.2, 0.25) is 0 Å². The van der Waals surface area contributed by atoms with E-state index in [0.29, 0.717) is 6.54 Å². The summed E-state index contributed by atoms with van der Waals surface area (Å²) in [6.45, 7) is 1.37. The first-order chi connectivity index (χ1) is 8.43. The monoisotopic (exact) mass is 254 g/mol. The Morgan fingerprint density at radius 3 is 2.50 bits per heavy atom. The van der Waals surface area contributed by atoms with Gasteiger partial charge < -0.3 is 14.9 Å².